The fraction of sp³-hybridized carbons (Fsp3) is 0.583. The molecule has 0 aliphatic carbocycles. The summed E-state index contributed by atoms with van der Waals surface area (Å²) in [7, 11) is 0. The standard InChI is InChI=1S/C16H22N2O2.C8H14O3/c1-3-7-14-11-16(19)18(17-14)12-13-8-5-6-9-15(13)20-10-4-2;1-3-5-7(9)6-8(10)11-4-2/h5-6,8-9H,3-4,7,10-12H2,1-2H3;3-6H2,1-2H3. The van der Waals surface area contributed by atoms with Crippen molar-refractivity contribution in [3.05, 3.63) is 29.8 Å². The first-order chi connectivity index (χ1) is 14.9. The number of hydrogen-bond acceptors (Lipinski definition) is 6. The highest BCUT2D eigenvalue weighted by molar-refractivity contribution is 6.04. The number of ketones is 1. The summed E-state index contributed by atoms with van der Waals surface area (Å²) in [6.07, 6.45) is 4.55. The van der Waals surface area contributed by atoms with E-state index in [9.17, 15) is 14.4 Å². The Morgan fingerprint density at radius 2 is 1.81 bits per heavy atom. The van der Waals surface area contributed by atoms with E-state index in [1.54, 1.807) is 11.9 Å². The van der Waals surface area contributed by atoms with Crippen molar-refractivity contribution in [1.29, 1.82) is 0 Å². The van der Waals surface area contributed by atoms with Gasteiger partial charge in [0.2, 0.25) is 5.91 Å². The number of nitrogens with zero attached hydrogens (tertiary/aromatic N) is 2. The van der Waals surface area contributed by atoms with E-state index in [4.69, 9.17) is 4.74 Å². The highest BCUT2D eigenvalue weighted by atomic mass is 16.5. The van der Waals surface area contributed by atoms with Gasteiger partial charge in [-0.2, -0.15) is 5.10 Å². The average molecular weight is 433 g/mol. The van der Waals surface area contributed by atoms with E-state index in [1.807, 2.05) is 31.2 Å². The Kier molecular flexibility index (Phi) is 12.9. The zero-order chi connectivity index (χ0) is 23.1. The van der Waals surface area contributed by atoms with Gasteiger partial charge in [0.25, 0.3) is 0 Å². The molecule has 7 nitrogen and oxygen atoms in total. The van der Waals surface area contributed by atoms with Crippen LogP contribution in [0.1, 0.15) is 78.2 Å². The van der Waals surface area contributed by atoms with Crippen LogP contribution in [-0.4, -0.2) is 41.6 Å². The summed E-state index contributed by atoms with van der Waals surface area (Å²) in [5.41, 5.74) is 2.00. The van der Waals surface area contributed by atoms with E-state index >= 15 is 0 Å². The first-order valence-corrected chi connectivity index (χ1v) is 11.2. The Labute approximate surface area is 185 Å². The van der Waals surface area contributed by atoms with Crippen molar-refractivity contribution in [2.24, 2.45) is 5.10 Å². The molecule has 0 saturated carbocycles. The van der Waals surface area contributed by atoms with E-state index in [1.165, 1.54) is 0 Å². The van der Waals surface area contributed by atoms with Crippen molar-refractivity contribution in [2.45, 2.75) is 79.2 Å². The van der Waals surface area contributed by atoms with Crippen LogP contribution >= 0.6 is 0 Å². The lowest BCUT2D eigenvalue weighted by atomic mass is 10.1. The molecule has 0 fully saturated rings. The second kappa shape index (κ2) is 15.2. The molecular formula is C24H36N2O5. The van der Waals surface area contributed by atoms with Gasteiger partial charge in [-0.3, -0.25) is 14.4 Å². The molecule has 2 rings (SSSR count). The quantitative estimate of drug-likeness (QED) is 0.354. The predicted octanol–water partition coefficient (Wildman–Crippen LogP) is 4.67. The van der Waals surface area contributed by atoms with Gasteiger partial charge in [0.05, 0.1) is 26.2 Å². The minimum atomic E-state index is -0.411. The van der Waals surface area contributed by atoms with Gasteiger partial charge in [0.1, 0.15) is 18.0 Å². The number of hydrogen-bond donors (Lipinski definition) is 0. The summed E-state index contributed by atoms with van der Waals surface area (Å²) in [5.74, 6) is 0.483. The van der Waals surface area contributed by atoms with Gasteiger partial charge in [-0.25, -0.2) is 5.01 Å². The van der Waals surface area contributed by atoms with E-state index in [0.29, 0.717) is 32.6 Å². The minimum absolute atomic E-state index is 0.0362. The van der Waals surface area contributed by atoms with Crippen LogP contribution in [0, 0.1) is 0 Å². The van der Waals surface area contributed by atoms with Gasteiger partial charge < -0.3 is 9.47 Å². The lowest BCUT2D eigenvalue weighted by Crippen LogP contribution is -2.20. The largest absolute Gasteiger partial charge is 0.493 e. The first kappa shape index (κ1) is 26.3. The summed E-state index contributed by atoms with van der Waals surface area (Å²) in [4.78, 5) is 33.5. The van der Waals surface area contributed by atoms with Gasteiger partial charge in [-0.05, 0) is 32.3 Å². The van der Waals surface area contributed by atoms with Crippen LogP contribution in [0.15, 0.2) is 29.4 Å². The molecule has 1 aliphatic rings. The van der Waals surface area contributed by atoms with Crippen molar-refractivity contribution >= 4 is 23.4 Å². The minimum Gasteiger partial charge on any atom is -0.493 e. The molecule has 1 amide bonds. The Hall–Kier alpha value is -2.70. The van der Waals surface area contributed by atoms with Crippen molar-refractivity contribution < 1.29 is 23.9 Å². The molecule has 0 bridgehead atoms. The summed E-state index contributed by atoms with van der Waals surface area (Å²) in [6, 6.07) is 7.85. The maximum atomic E-state index is 12.0. The smallest absolute Gasteiger partial charge is 0.313 e. The number of amides is 1. The lowest BCUT2D eigenvalue weighted by molar-refractivity contribution is -0.145. The number of ether oxygens (including phenoxy) is 2. The highest BCUT2D eigenvalue weighted by Gasteiger charge is 2.24. The van der Waals surface area contributed by atoms with Crippen molar-refractivity contribution in [1.82, 2.24) is 5.01 Å². The number of hydrazone groups is 1. The molecule has 7 heteroatoms. The third-order valence-electron chi connectivity index (χ3n) is 4.37. The van der Waals surface area contributed by atoms with Crippen LogP contribution in [0.5, 0.6) is 5.75 Å². The monoisotopic (exact) mass is 432 g/mol. The molecule has 31 heavy (non-hydrogen) atoms. The fourth-order valence-electron chi connectivity index (χ4n) is 2.97. The summed E-state index contributed by atoms with van der Waals surface area (Å²) < 4.78 is 10.3. The Bertz CT molecular complexity index is 729. The second-order valence-corrected chi connectivity index (χ2v) is 7.27. The molecule has 172 valence electrons. The number of Topliss-reactive ketones (excluding diaryl/α,β-unsaturated/α-hetero) is 1. The molecule has 0 unspecified atom stereocenters. The first-order valence-electron chi connectivity index (χ1n) is 11.2. The van der Waals surface area contributed by atoms with Crippen molar-refractivity contribution in [3.8, 4) is 5.75 Å². The summed E-state index contributed by atoms with van der Waals surface area (Å²) in [6.45, 7) is 9.34. The zero-order valence-corrected chi connectivity index (χ0v) is 19.3. The molecule has 1 aliphatic heterocycles. The van der Waals surface area contributed by atoms with Gasteiger partial charge in [-0.15, -0.1) is 0 Å². The number of esters is 1. The van der Waals surface area contributed by atoms with Crippen LogP contribution in [-0.2, 0) is 25.7 Å². The van der Waals surface area contributed by atoms with E-state index in [0.717, 1.165) is 42.7 Å². The molecule has 1 heterocycles. The Morgan fingerprint density at radius 1 is 1.06 bits per heavy atom. The lowest BCUT2D eigenvalue weighted by Gasteiger charge is -2.15. The second-order valence-electron chi connectivity index (χ2n) is 7.27. The maximum absolute atomic E-state index is 12.0. The third kappa shape index (κ3) is 10.2. The predicted molar refractivity (Wildman–Crippen MR) is 121 cm³/mol. The summed E-state index contributed by atoms with van der Waals surface area (Å²) >= 11 is 0. The Balaban J connectivity index is 0.000000373. The average Bonchev–Trinajstić information content (AvgIpc) is 3.07. The molecular weight excluding hydrogens is 396 g/mol. The third-order valence-corrected chi connectivity index (χ3v) is 4.37. The molecule has 0 saturated heterocycles. The summed E-state index contributed by atoms with van der Waals surface area (Å²) in [5, 5.41) is 5.99. The van der Waals surface area contributed by atoms with E-state index in [-0.39, 0.29) is 18.1 Å². The van der Waals surface area contributed by atoms with Crippen LogP contribution in [0.25, 0.3) is 0 Å². The fourth-order valence-corrected chi connectivity index (χ4v) is 2.97. The molecule has 0 spiro atoms. The number of para-hydroxylation sites is 1. The van der Waals surface area contributed by atoms with Crippen molar-refractivity contribution in [3.63, 3.8) is 0 Å². The zero-order valence-electron chi connectivity index (χ0n) is 19.3. The van der Waals surface area contributed by atoms with Crippen LogP contribution in [0.4, 0.5) is 0 Å². The normalized spacial score (nSPS) is 12.7. The molecule has 0 radical (unpaired) electrons. The number of carbonyl (C=O) groups excluding carboxylic acids is 3. The molecule has 0 atom stereocenters. The maximum Gasteiger partial charge on any atom is 0.313 e. The van der Waals surface area contributed by atoms with Gasteiger partial charge in [0.15, 0.2) is 0 Å². The van der Waals surface area contributed by atoms with Crippen molar-refractivity contribution in [2.75, 3.05) is 13.2 Å². The Morgan fingerprint density at radius 3 is 2.45 bits per heavy atom. The van der Waals surface area contributed by atoms with Crippen LogP contribution in [0.3, 0.4) is 0 Å². The number of benzene rings is 1. The number of rotatable bonds is 12. The van der Waals surface area contributed by atoms with Gasteiger partial charge in [0, 0.05) is 17.7 Å². The van der Waals surface area contributed by atoms with Gasteiger partial charge in [-0.1, -0.05) is 45.4 Å². The SMILES string of the molecule is CCCC(=O)CC(=O)OCC.CCCOc1ccccc1CN1N=C(CCC)CC1=O. The molecule has 0 N–H and O–H groups in total. The van der Waals surface area contributed by atoms with Crippen LogP contribution in [0.2, 0.25) is 0 Å². The molecule has 1 aromatic rings. The highest BCUT2D eigenvalue weighted by Crippen LogP contribution is 2.23. The topological polar surface area (TPSA) is 85.3 Å². The number of carbonyl (C=O) groups is 3. The van der Waals surface area contributed by atoms with Gasteiger partial charge >= 0.3 is 5.97 Å². The van der Waals surface area contributed by atoms with E-state index < -0.39 is 5.97 Å². The molecule has 1 aromatic carbocycles. The van der Waals surface area contributed by atoms with E-state index in [2.05, 4.69) is 23.7 Å². The molecule has 0 aromatic heterocycles. The van der Waals surface area contributed by atoms with Crippen LogP contribution < -0.4 is 4.74 Å².